The minimum atomic E-state index is -0.208. The molecule has 0 unspecified atom stereocenters. The van der Waals surface area contributed by atoms with Gasteiger partial charge in [-0.05, 0) is 37.1 Å². The summed E-state index contributed by atoms with van der Waals surface area (Å²) in [5.41, 5.74) is 2.34. The van der Waals surface area contributed by atoms with Crippen LogP contribution in [-0.4, -0.2) is 38.9 Å². The van der Waals surface area contributed by atoms with Crippen molar-refractivity contribution in [2.45, 2.75) is 18.9 Å². The molecule has 146 valence electrons. The molecule has 1 aliphatic heterocycles. The Morgan fingerprint density at radius 3 is 2.48 bits per heavy atom. The van der Waals surface area contributed by atoms with Crippen LogP contribution in [0.25, 0.3) is 16.7 Å². The van der Waals surface area contributed by atoms with E-state index in [2.05, 4.69) is 25.3 Å². The summed E-state index contributed by atoms with van der Waals surface area (Å²) in [5, 5.41) is 8.81. The van der Waals surface area contributed by atoms with Crippen molar-refractivity contribution in [3.8, 4) is 5.69 Å². The van der Waals surface area contributed by atoms with Gasteiger partial charge >= 0.3 is 0 Å². The summed E-state index contributed by atoms with van der Waals surface area (Å²) in [6, 6.07) is 17.0. The number of benzene rings is 2. The average molecular weight is 388 g/mol. The van der Waals surface area contributed by atoms with E-state index in [4.69, 9.17) is 0 Å². The van der Waals surface area contributed by atoms with E-state index < -0.39 is 0 Å². The van der Waals surface area contributed by atoms with Crippen molar-refractivity contribution >= 4 is 22.5 Å². The summed E-state index contributed by atoms with van der Waals surface area (Å²) in [6.07, 6.45) is 5.25. The van der Waals surface area contributed by atoms with Crippen LogP contribution in [0.1, 0.15) is 12.8 Å². The Kier molecular flexibility index (Phi) is 4.56. The highest BCUT2D eigenvalue weighted by molar-refractivity contribution is 5.87. The average Bonchev–Trinajstić information content (AvgIpc) is 3.21. The highest BCUT2D eigenvalue weighted by Gasteiger charge is 2.23. The molecular weight excluding hydrogens is 367 g/mol. The minimum Gasteiger partial charge on any atom is -0.380 e. The van der Waals surface area contributed by atoms with Crippen molar-refractivity contribution in [3.05, 3.63) is 72.9 Å². The third-order valence-electron chi connectivity index (χ3n) is 5.37. The standard InChI is InChI=1S/C22H21FN6/c23-19-8-4-5-9-20(19)27-16-10-12-28(13-11-16)21-18-14-26-29(22(18)25-15-24-21)17-6-2-1-3-7-17/h1-9,14-16,27H,10-13H2. The van der Waals surface area contributed by atoms with Crippen LogP contribution in [0.3, 0.4) is 0 Å². The van der Waals surface area contributed by atoms with E-state index in [0.717, 1.165) is 48.5 Å². The van der Waals surface area contributed by atoms with E-state index in [-0.39, 0.29) is 11.9 Å². The Bertz CT molecular complexity index is 1120. The molecule has 0 atom stereocenters. The van der Waals surface area contributed by atoms with Gasteiger partial charge in [0.1, 0.15) is 18.0 Å². The second kappa shape index (κ2) is 7.50. The van der Waals surface area contributed by atoms with Crippen LogP contribution in [-0.2, 0) is 0 Å². The van der Waals surface area contributed by atoms with E-state index in [0.29, 0.717) is 5.69 Å². The molecule has 1 fully saturated rings. The number of nitrogens with zero attached hydrogens (tertiary/aromatic N) is 5. The van der Waals surface area contributed by atoms with E-state index >= 15 is 0 Å². The number of hydrogen-bond donors (Lipinski definition) is 1. The lowest BCUT2D eigenvalue weighted by atomic mass is 10.0. The van der Waals surface area contributed by atoms with Gasteiger partial charge in [-0.15, -0.1) is 0 Å². The zero-order chi connectivity index (χ0) is 19.6. The molecule has 2 aromatic carbocycles. The fourth-order valence-corrected chi connectivity index (χ4v) is 3.88. The number of piperidine rings is 1. The van der Waals surface area contributed by atoms with E-state index in [1.165, 1.54) is 6.07 Å². The third-order valence-corrected chi connectivity index (χ3v) is 5.37. The number of fused-ring (bicyclic) bond motifs is 1. The molecule has 4 aromatic rings. The first-order chi connectivity index (χ1) is 14.3. The van der Waals surface area contributed by atoms with Crippen molar-refractivity contribution in [2.24, 2.45) is 0 Å². The van der Waals surface area contributed by atoms with E-state index in [1.807, 2.05) is 47.3 Å². The lowest BCUT2D eigenvalue weighted by Gasteiger charge is -2.33. The van der Waals surface area contributed by atoms with Gasteiger partial charge in [0.05, 0.1) is 23.0 Å². The molecule has 3 heterocycles. The van der Waals surface area contributed by atoms with Crippen molar-refractivity contribution in [1.29, 1.82) is 0 Å². The Balaban J connectivity index is 1.35. The molecule has 0 bridgehead atoms. The second-order valence-corrected chi connectivity index (χ2v) is 7.21. The molecular formula is C22H21FN6. The molecule has 2 aromatic heterocycles. The van der Waals surface area contributed by atoms with Crippen LogP contribution in [0.15, 0.2) is 67.1 Å². The molecule has 7 heteroatoms. The molecule has 29 heavy (non-hydrogen) atoms. The zero-order valence-electron chi connectivity index (χ0n) is 15.9. The number of anilines is 2. The minimum absolute atomic E-state index is 0.208. The summed E-state index contributed by atoms with van der Waals surface area (Å²) < 4.78 is 15.7. The smallest absolute Gasteiger partial charge is 0.168 e. The Hall–Kier alpha value is -3.48. The molecule has 0 aliphatic carbocycles. The van der Waals surface area contributed by atoms with Gasteiger partial charge in [0.2, 0.25) is 0 Å². The molecule has 0 radical (unpaired) electrons. The third kappa shape index (κ3) is 3.40. The topological polar surface area (TPSA) is 58.9 Å². The quantitative estimate of drug-likeness (QED) is 0.572. The number of nitrogens with one attached hydrogen (secondary N) is 1. The van der Waals surface area contributed by atoms with Crippen molar-refractivity contribution in [3.63, 3.8) is 0 Å². The van der Waals surface area contributed by atoms with Crippen LogP contribution < -0.4 is 10.2 Å². The predicted octanol–water partition coefficient (Wildman–Crippen LogP) is 4.04. The summed E-state index contributed by atoms with van der Waals surface area (Å²) in [6.45, 7) is 1.68. The number of halogens is 1. The molecule has 0 saturated carbocycles. The molecule has 1 aliphatic rings. The van der Waals surface area contributed by atoms with Crippen molar-refractivity contribution in [2.75, 3.05) is 23.3 Å². The number of aromatic nitrogens is 4. The van der Waals surface area contributed by atoms with Gasteiger partial charge in [-0.25, -0.2) is 19.0 Å². The largest absolute Gasteiger partial charge is 0.380 e. The maximum Gasteiger partial charge on any atom is 0.168 e. The van der Waals surface area contributed by atoms with Crippen LogP contribution in [0.5, 0.6) is 0 Å². The van der Waals surface area contributed by atoms with Crippen molar-refractivity contribution in [1.82, 2.24) is 19.7 Å². The predicted molar refractivity (Wildman–Crippen MR) is 112 cm³/mol. The normalized spacial score (nSPS) is 15.0. The van der Waals surface area contributed by atoms with Gasteiger partial charge in [0.25, 0.3) is 0 Å². The number of hydrogen-bond acceptors (Lipinski definition) is 5. The van der Waals surface area contributed by atoms with E-state index in [9.17, 15) is 4.39 Å². The van der Waals surface area contributed by atoms with Gasteiger partial charge in [-0.1, -0.05) is 30.3 Å². The van der Waals surface area contributed by atoms with E-state index in [1.54, 1.807) is 18.5 Å². The SMILES string of the molecule is Fc1ccccc1NC1CCN(c2ncnc3c2cnn3-c2ccccc2)CC1. The van der Waals surface area contributed by atoms with Crippen LogP contribution in [0, 0.1) is 5.82 Å². The number of rotatable bonds is 4. The molecule has 1 saturated heterocycles. The fraction of sp³-hybridized carbons (Fsp3) is 0.227. The van der Waals surface area contributed by atoms with Gasteiger partial charge in [-0.2, -0.15) is 5.10 Å². The maximum absolute atomic E-state index is 13.9. The first kappa shape index (κ1) is 17.6. The highest BCUT2D eigenvalue weighted by atomic mass is 19.1. The van der Waals surface area contributed by atoms with Gasteiger partial charge < -0.3 is 10.2 Å². The van der Waals surface area contributed by atoms with Crippen LogP contribution >= 0.6 is 0 Å². The summed E-state index contributed by atoms with van der Waals surface area (Å²) >= 11 is 0. The molecule has 5 rings (SSSR count). The fourth-order valence-electron chi connectivity index (χ4n) is 3.88. The molecule has 0 amide bonds. The van der Waals surface area contributed by atoms with Crippen LogP contribution in [0.2, 0.25) is 0 Å². The first-order valence-corrected chi connectivity index (χ1v) is 9.80. The molecule has 1 N–H and O–H groups in total. The molecule has 0 spiro atoms. The summed E-state index contributed by atoms with van der Waals surface area (Å²) in [5.74, 6) is 0.697. The first-order valence-electron chi connectivity index (χ1n) is 9.80. The molecule has 6 nitrogen and oxygen atoms in total. The second-order valence-electron chi connectivity index (χ2n) is 7.21. The van der Waals surface area contributed by atoms with Gasteiger partial charge in [0, 0.05) is 19.1 Å². The lowest BCUT2D eigenvalue weighted by Crippen LogP contribution is -2.39. The summed E-state index contributed by atoms with van der Waals surface area (Å²) in [4.78, 5) is 11.3. The lowest BCUT2D eigenvalue weighted by molar-refractivity contribution is 0.520. The van der Waals surface area contributed by atoms with Gasteiger partial charge in [0.15, 0.2) is 5.65 Å². The maximum atomic E-state index is 13.9. The van der Waals surface area contributed by atoms with Crippen molar-refractivity contribution < 1.29 is 4.39 Å². The summed E-state index contributed by atoms with van der Waals surface area (Å²) in [7, 11) is 0. The highest BCUT2D eigenvalue weighted by Crippen LogP contribution is 2.28. The zero-order valence-corrected chi connectivity index (χ0v) is 15.9. The Morgan fingerprint density at radius 2 is 1.69 bits per heavy atom. The Morgan fingerprint density at radius 1 is 0.931 bits per heavy atom. The van der Waals surface area contributed by atoms with Crippen LogP contribution in [0.4, 0.5) is 15.9 Å². The Labute approximate surface area is 168 Å². The van der Waals surface area contributed by atoms with Gasteiger partial charge in [-0.3, -0.25) is 0 Å². The number of para-hydroxylation sites is 2. The monoisotopic (exact) mass is 388 g/mol.